The van der Waals surface area contributed by atoms with Crippen LogP contribution in [0.5, 0.6) is 0 Å². The number of hydrogen-bond acceptors (Lipinski definition) is 5. The van der Waals surface area contributed by atoms with E-state index >= 15 is 0 Å². The first kappa shape index (κ1) is 10.9. The van der Waals surface area contributed by atoms with Gasteiger partial charge in [0, 0.05) is 0 Å². The first-order chi connectivity index (χ1) is 5.51. The van der Waals surface area contributed by atoms with Crippen molar-refractivity contribution in [3.8, 4) is 0 Å². The summed E-state index contributed by atoms with van der Waals surface area (Å²) < 4.78 is -0.977. The van der Waals surface area contributed by atoms with E-state index < -0.39 is 16.3 Å². The quantitative estimate of drug-likeness (QED) is 0.551. The van der Waals surface area contributed by atoms with Crippen molar-refractivity contribution in [2.24, 2.45) is 0 Å². The summed E-state index contributed by atoms with van der Waals surface area (Å²) in [6.07, 6.45) is 0. The van der Waals surface area contributed by atoms with Crippen LogP contribution in [0.3, 0.4) is 0 Å². The maximum absolute atomic E-state index is 10.8. The molecule has 6 heteroatoms. The predicted octanol–water partition coefficient (Wildman–Crippen LogP) is -1.02. The summed E-state index contributed by atoms with van der Waals surface area (Å²) in [6.45, 7) is 0.878. The Balaban J connectivity index is 5.76. The molecule has 0 amide bonds. The van der Waals surface area contributed by atoms with Crippen molar-refractivity contribution < 1.29 is 35.5 Å². The number of rotatable bonds is 5. The van der Waals surface area contributed by atoms with Gasteiger partial charge in [-0.05, 0) is 0 Å². The first-order valence-electron chi connectivity index (χ1n) is 2.58. The van der Waals surface area contributed by atoms with E-state index in [0.717, 1.165) is 6.92 Å². The molecular weight excluding hydrogens is 211 g/mol. The zero-order valence-electron chi connectivity index (χ0n) is 6.18. The van der Waals surface area contributed by atoms with Crippen LogP contribution in [-0.4, -0.2) is 25.6 Å². The van der Waals surface area contributed by atoms with Crippen LogP contribution in [0, 0.1) is 0 Å². The Morgan fingerprint density at radius 1 is 0.917 bits per heavy atom. The summed E-state index contributed by atoms with van der Waals surface area (Å²) in [6, 6.07) is 0. The van der Waals surface area contributed by atoms with Gasteiger partial charge in [0.1, 0.15) is 0 Å². The molecule has 0 rings (SSSR count). The third-order valence-electron chi connectivity index (χ3n) is 1.24. The Bertz CT molecular complexity index is 226. The van der Waals surface area contributed by atoms with E-state index in [1.54, 1.807) is 0 Å². The van der Waals surface area contributed by atoms with Crippen molar-refractivity contribution in [3.63, 3.8) is 0 Å². The second kappa shape index (κ2) is 3.07. The van der Waals surface area contributed by atoms with Gasteiger partial charge in [-0.25, -0.2) is 0 Å². The summed E-state index contributed by atoms with van der Waals surface area (Å²) in [5, 5.41) is -0.502. The topological polar surface area (TPSA) is 85.3 Å². The van der Waals surface area contributed by atoms with Crippen LogP contribution in [0.4, 0.5) is 0 Å². The van der Waals surface area contributed by atoms with E-state index in [-0.39, 0.29) is 20.9 Å². The molecule has 0 aliphatic rings. The van der Waals surface area contributed by atoms with E-state index in [0.29, 0.717) is 0 Å². The maximum atomic E-state index is 10.8. The Labute approximate surface area is 68.7 Å². The molecule has 0 aromatic carbocycles. The zero-order chi connectivity index (χ0) is 9.85. The molecule has 0 atom stereocenters. The molecular formula is C6H7CoO5. The van der Waals surface area contributed by atoms with Crippen LogP contribution in [-0.2, 0) is 35.5 Å². The molecule has 0 spiro atoms. The fraction of sp³-hybridized carbons (Fsp3) is 0.167. The van der Waals surface area contributed by atoms with Crippen LogP contribution in [0.1, 0.15) is 6.92 Å². The van der Waals surface area contributed by atoms with Crippen LogP contribution in [0.25, 0.3) is 0 Å². The molecule has 0 fully saturated rings. The normalized spacial score (nSPS) is 13.6. The molecule has 0 aromatic rings. The van der Waals surface area contributed by atoms with Crippen LogP contribution < -0.4 is 0 Å². The number of carbonyl (C=O) groups excluding carboxylic acids is 5. The second-order valence-electron chi connectivity index (χ2n) is 1.80. The Morgan fingerprint density at radius 3 is 1.17 bits per heavy atom. The van der Waals surface area contributed by atoms with Crippen molar-refractivity contribution in [2.45, 2.75) is 6.92 Å². The molecule has 12 heavy (non-hydrogen) atoms. The molecule has 0 aliphatic heterocycles. The number of hydrogen-bond donors (Lipinski definition) is 0. The fourth-order valence-corrected chi connectivity index (χ4v) is 1.37. The van der Waals surface area contributed by atoms with E-state index in [1.165, 1.54) is 0 Å². The third-order valence-corrected chi connectivity index (χ3v) is 5.13. The molecule has 0 N–H and O–H groups in total. The first-order valence-corrected chi connectivity index (χ1v) is 5.51. The molecule has 70 valence electrons. The zero-order valence-corrected chi connectivity index (χ0v) is 7.23. The van der Waals surface area contributed by atoms with Crippen molar-refractivity contribution in [3.05, 3.63) is 0 Å². The fourth-order valence-electron chi connectivity index (χ4n) is 0.332. The molecule has 0 bridgehead atoms. The van der Waals surface area contributed by atoms with E-state index in [4.69, 9.17) is 0 Å². The Kier molecular flexibility index (Phi) is 2.78. The van der Waals surface area contributed by atoms with E-state index in [1.807, 2.05) is 0 Å². The van der Waals surface area contributed by atoms with Crippen LogP contribution in [0.15, 0.2) is 0 Å². The summed E-state index contributed by atoms with van der Waals surface area (Å²) in [7, 11) is 0. The van der Waals surface area contributed by atoms with Gasteiger partial charge < -0.3 is 0 Å². The van der Waals surface area contributed by atoms with Crippen molar-refractivity contribution in [1.29, 1.82) is 0 Å². The molecule has 0 unspecified atom stereocenters. The SMILES string of the molecule is C[C](=O)[Co]([CH]=O)([CH]=O)([CH]=O)[CH]=O. The average molecular weight is 218 g/mol. The van der Waals surface area contributed by atoms with Gasteiger partial charge in [-0.3, -0.25) is 0 Å². The van der Waals surface area contributed by atoms with Gasteiger partial charge in [-0.1, -0.05) is 0 Å². The molecule has 5 nitrogen and oxygen atoms in total. The van der Waals surface area contributed by atoms with Crippen LogP contribution in [0.2, 0.25) is 0 Å². The van der Waals surface area contributed by atoms with Crippen LogP contribution >= 0.6 is 0 Å². The molecule has 0 heterocycles. The van der Waals surface area contributed by atoms with Gasteiger partial charge in [0.15, 0.2) is 0 Å². The summed E-state index contributed by atoms with van der Waals surface area (Å²) in [4.78, 5) is 52.6. The molecule has 0 radical (unpaired) electrons. The second-order valence-corrected chi connectivity index (χ2v) is 6.80. The Morgan fingerprint density at radius 2 is 1.17 bits per heavy atom. The summed E-state index contributed by atoms with van der Waals surface area (Å²) in [5.41, 5.74) is 0. The standard InChI is InChI=1S/C2H3O.4CHO.Co/c1-2-3;4*1-2;/h1H3;4*1H;. The van der Waals surface area contributed by atoms with Gasteiger partial charge in [0.05, 0.1) is 0 Å². The van der Waals surface area contributed by atoms with E-state index in [2.05, 4.69) is 0 Å². The van der Waals surface area contributed by atoms with Gasteiger partial charge in [-0.2, -0.15) is 0 Å². The average Bonchev–Trinajstić information content (AvgIpc) is 2.10. The number of carbonyl (C=O) groups is 5. The summed E-state index contributed by atoms with van der Waals surface area (Å²) in [5.74, 6) is 0. The van der Waals surface area contributed by atoms with Crippen molar-refractivity contribution >= 4 is 25.6 Å². The van der Waals surface area contributed by atoms with Gasteiger partial charge in [0.25, 0.3) is 0 Å². The van der Waals surface area contributed by atoms with Gasteiger partial charge in [0.2, 0.25) is 0 Å². The molecule has 0 aliphatic carbocycles. The molecule has 0 aromatic heterocycles. The minimum atomic E-state index is -4.63. The van der Waals surface area contributed by atoms with E-state index in [9.17, 15) is 24.0 Å². The van der Waals surface area contributed by atoms with Gasteiger partial charge in [-0.15, -0.1) is 0 Å². The third kappa shape index (κ3) is 1.05. The monoisotopic (exact) mass is 218 g/mol. The van der Waals surface area contributed by atoms with Crippen molar-refractivity contribution in [2.75, 3.05) is 0 Å². The van der Waals surface area contributed by atoms with Crippen molar-refractivity contribution in [1.82, 2.24) is 0 Å². The van der Waals surface area contributed by atoms with Gasteiger partial charge >= 0.3 is 68.1 Å². The summed E-state index contributed by atoms with van der Waals surface area (Å²) >= 11 is -4.63. The molecule has 0 saturated heterocycles. The Hall–Kier alpha value is -1.14. The predicted molar refractivity (Wildman–Crippen MR) is 37.7 cm³/mol. The minimum absolute atomic E-state index is 0.125. The molecule has 0 saturated carbocycles.